The third-order valence-electron chi connectivity index (χ3n) is 4.74. The maximum atomic E-state index is 13.1. The molecule has 214 valence electrons. The van der Waals surface area contributed by atoms with Crippen LogP contribution in [0.5, 0.6) is 11.5 Å². The van der Waals surface area contributed by atoms with Crippen LogP contribution in [-0.4, -0.2) is 38.4 Å². The van der Waals surface area contributed by atoms with Gasteiger partial charge in [-0.1, -0.05) is 40.5 Å². The molecule has 1 aromatic carbocycles. The summed E-state index contributed by atoms with van der Waals surface area (Å²) in [6, 6.07) is 2.76. The molecule has 0 aliphatic rings. The predicted molar refractivity (Wildman–Crippen MR) is 134 cm³/mol. The van der Waals surface area contributed by atoms with Crippen molar-refractivity contribution in [2.24, 2.45) is 4.99 Å². The van der Waals surface area contributed by atoms with Gasteiger partial charge in [0.05, 0.1) is 12.0 Å². The molecular weight excluding hydrogens is 502 g/mol. The number of aliphatic imine (C=N–C) groups is 1. The van der Waals surface area contributed by atoms with Crippen molar-refractivity contribution in [3.8, 4) is 11.5 Å². The van der Waals surface area contributed by atoms with E-state index >= 15 is 0 Å². The zero-order valence-corrected chi connectivity index (χ0v) is 22.4. The molecule has 5 nitrogen and oxygen atoms in total. The highest BCUT2D eigenvalue weighted by Crippen LogP contribution is 2.37. The number of hydrogen-bond donors (Lipinski definition) is 1. The van der Waals surface area contributed by atoms with Crippen molar-refractivity contribution in [1.29, 1.82) is 0 Å². The summed E-state index contributed by atoms with van der Waals surface area (Å²) in [5, 5.41) is 3.09. The summed E-state index contributed by atoms with van der Waals surface area (Å²) in [5.74, 6) is 0.375. The molecule has 1 rings (SSSR count). The number of halogens is 6. The number of methoxy groups -OCH3 is 1. The van der Waals surface area contributed by atoms with Crippen LogP contribution in [0.25, 0.3) is 0 Å². The van der Waals surface area contributed by atoms with Gasteiger partial charge in [-0.3, -0.25) is 0 Å². The van der Waals surface area contributed by atoms with Crippen molar-refractivity contribution in [2.45, 2.75) is 97.6 Å². The summed E-state index contributed by atoms with van der Waals surface area (Å²) >= 11 is 0. The van der Waals surface area contributed by atoms with Crippen LogP contribution in [0.15, 0.2) is 35.1 Å². The summed E-state index contributed by atoms with van der Waals surface area (Å²) < 4.78 is 92.9. The normalized spacial score (nSPS) is 14.1. The summed E-state index contributed by atoms with van der Waals surface area (Å²) in [7, 11) is 1.35. The molecule has 1 aromatic rings. The highest BCUT2D eigenvalue weighted by Gasteiger charge is 2.32. The van der Waals surface area contributed by atoms with Gasteiger partial charge in [-0.15, -0.1) is 0 Å². The molecule has 0 aliphatic carbocycles. The molecule has 2 unspecified atom stereocenters. The van der Waals surface area contributed by atoms with Gasteiger partial charge in [0.1, 0.15) is 11.9 Å². The number of hydrogen-bond acceptors (Lipinski definition) is 5. The van der Waals surface area contributed by atoms with Crippen molar-refractivity contribution >= 4 is 6.21 Å². The van der Waals surface area contributed by atoms with E-state index in [-0.39, 0.29) is 30.4 Å². The van der Waals surface area contributed by atoms with Gasteiger partial charge < -0.3 is 19.5 Å². The van der Waals surface area contributed by atoms with Gasteiger partial charge in [-0.2, -0.15) is 26.3 Å². The number of rotatable bonds is 15. The minimum absolute atomic E-state index is 0.0906. The van der Waals surface area contributed by atoms with Crippen molar-refractivity contribution < 1.29 is 40.6 Å². The molecule has 0 fully saturated rings. The Bertz CT molecular complexity index is 810. The molecule has 0 amide bonds. The quantitative estimate of drug-likeness (QED) is 0.138. The number of alkyl halides is 6. The Labute approximate surface area is 216 Å². The molecule has 0 saturated carbocycles. The SMILES string of the molecule is CC.CC/C=C(\N=C/CC(F)(F)F)NC(C)CC(CCCC)Oc1ccc(C(F)(F)F)cc1OCOC. The molecule has 0 saturated heterocycles. The monoisotopic (exact) mass is 542 g/mol. The zero-order chi connectivity index (χ0) is 28.5. The Morgan fingerprint density at radius 3 is 2.30 bits per heavy atom. The van der Waals surface area contributed by atoms with Crippen molar-refractivity contribution in [3.63, 3.8) is 0 Å². The van der Waals surface area contributed by atoms with Crippen LogP contribution < -0.4 is 14.8 Å². The number of allylic oxidation sites excluding steroid dienone is 1. The summed E-state index contributed by atoms with van der Waals surface area (Å²) in [5.41, 5.74) is -0.873. The number of nitrogens with one attached hydrogen (secondary N) is 1. The summed E-state index contributed by atoms with van der Waals surface area (Å²) in [4.78, 5) is 3.90. The van der Waals surface area contributed by atoms with E-state index in [2.05, 4.69) is 10.3 Å². The average molecular weight is 543 g/mol. The molecule has 0 heterocycles. The zero-order valence-electron chi connectivity index (χ0n) is 22.4. The van der Waals surface area contributed by atoms with Crippen LogP contribution in [-0.2, 0) is 10.9 Å². The van der Waals surface area contributed by atoms with Gasteiger partial charge in [-0.25, -0.2) is 4.99 Å². The van der Waals surface area contributed by atoms with Crippen LogP contribution in [0, 0.1) is 0 Å². The van der Waals surface area contributed by atoms with Crippen molar-refractivity contribution in [1.82, 2.24) is 5.32 Å². The van der Waals surface area contributed by atoms with Gasteiger partial charge >= 0.3 is 12.4 Å². The van der Waals surface area contributed by atoms with E-state index in [4.69, 9.17) is 14.2 Å². The lowest BCUT2D eigenvalue weighted by atomic mass is 10.0. The second-order valence-corrected chi connectivity index (χ2v) is 8.00. The van der Waals surface area contributed by atoms with Gasteiger partial charge in [-0.05, 0) is 44.0 Å². The fourth-order valence-corrected chi connectivity index (χ4v) is 3.15. The lowest BCUT2D eigenvalue weighted by molar-refractivity contribution is -0.137. The van der Waals surface area contributed by atoms with E-state index in [0.717, 1.165) is 31.2 Å². The second-order valence-electron chi connectivity index (χ2n) is 8.00. The van der Waals surface area contributed by atoms with E-state index < -0.39 is 24.3 Å². The molecule has 0 aromatic heterocycles. The topological polar surface area (TPSA) is 52.1 Å². The minimum atomic E-state index is -4.54. The Kier molecular flexibility index (Phi) is 16.7. The number of benzene rings is 1. The first kappa shape index (κ1) is 34.6. The molecule has 0 spiro atoms. The Morgan fingerprint density at radius 2 is 1.76 bits per heavy atom. The van der Waals surface area contributed by atoms with E-state index in [1.807, 2.05) is 34.6 Å². The van der Waals surface area contributed by atoms with E-state index in [9.17, 15) is 26.3 Å². The maximum absolute atomic E-state index is 13.1. The van der Waals surface area contributed by atoms with E-state index in [1.54, 1.807) is 6.08 Å². The van der Waals surface area contributed by atoms with Gasteiger partial charge in [0.2, 0.25) is 0 Å². The van der Waals surface area contributed by atoms with E-state index in [1.165, 1.54) is 13.2 Å². The van der Waals surface area contributed by atoms with Crippen molar-refractivity contribution in [2.75, 3.05) is 13.9 Å². The fourth-order valence-electron chi connectivity index (χ4n) is 3.15. The molecule has 0 aliphatic heterocycles. The first-order valence-electron chi connectivity index (χ1n) is 12.4. The predicted octanol–water partition coefficient (Wildman–Crippen LogP) is 8.29. The summed E-state index contributed by atoms with van der Waals surface area (Å²) in [6.07, 6.45) is -4.60. The molecule has 1 N–H and O–H groups in total. The molecule has 0 radical (unpaired) electrons. The van der Waals surface area contributed by atoms with Gasteiger partial charge in [0, 0.05) is 25.8 Å². The van der Waals surface area contributed by atoms with Crippen LogP contribution in [0.4, 0.5) is 26.3 Å². The lowest BCUT2D eigenvalue weighted by Crippen LogP contribution is -2.32. The van der Waals surface area contributed by atoms with Gasteiger partial charge in [0.25, 0.3) is 0 Å². The maximum Gasteiger partial charge on any atom is 0.416 e. The van der Waals surface area contributed by atoms with Crippen molar-refractivity contribution in [3.05, 3.63) is 35.7 Å². The minimum Gasteiger partial charge on any atom is -0.486 e. The highest BCUT2D eigenvalue weighted by molar-refractivity contribution is 5.59. The fraction of sp³-hybridized carbons (Fsp3) is 0.654. The third kappa shape index (κ3) is 15.4. The Morgan fingerprint density at radius 1 is 1.08 bits per heavy atom. The molecule has 2 atom stereocenters. The van der Waals surface area contributed by atoms with Crippen LogP contribution >= 0.6 is 0 Å². The molecule has 37 heavy (non-hydrogen) atoms. The van der Waals surface area contributed by atoms with Crippen LogP contribution in [0.3, 0.4) is 0 Å². The first-order chi connectivity index (χ1) is 17.4. The number of nitrogens with zero attached hydrogens (tertiary/aromatic N) is 1. The van der Waals surface area contributed by atoms with Crippen LogP contribution in [0.1, 0.15) is 78.7 Å². The summed E-state index contributed by atoms with van der Waals surface area (Å²) in [6.45, 7) is 9.42. The van der Waals surface area contributed by atoms with Crippen LogP contribution in [0.2, 0.25) is 0 Å². The largest absolute Gasteiger partial charge is 0.486 e. The first-order valence-corrected chi connectivity index (χ1v) is 12.4. The number of unbranched alkanes of at least 4 members (excludes halogenated alkanes) is 1. The number of ether oxygens (including phenoxy) is 3. The highest BCUT2D eigenvalue weighted by atomic mass is 19.4. The van der Waals surface area contributed by atoms with E-state index in [0.29, 0.717) is 25.1 Å². The standard InChI is InChI=1S/C24H34F6N2O3.C2H6/c1-5-7-9-19(14-17(3)32-22(8-6-2)31-13-12-23(25,26)27)35-20-11-10-18(24(28,29)30)15-21(20)34-16-33-4;1-2/h8,10-11,13,15,17,19,32H,5-7,9,12,14,16H2,1-4H3;1-2H3/b22-8+,31-13-;. The third-order valence-corrected chi connectivity index (χ3v) is 4.74. The Hall–Kier alpha value is -2.43. The Balaban J connectivity index is 0.00000631. The molecule has 11 heteroatoms. The average Bonchev–Trinajstić information content (AvgIpc) is 2.81. The van der Waals surface area contributed by atoms with Gasteiger partial charge in [0.15, 0.2) is 18.3 Å². The lowest BCUT2D eigenvalue weighted by Gasteiger charge is -2.25. The molecular formula is C26H40F6N2O3. The molecule has 0 bridgehead atoms. The smallest absolute Gasteiger partial charge is 0.416 e. The second kappa shape index (κ2) is 17.9.